The maximum absolute atomic E-state index is 11.7. The van der Waals surface area contributed by atoms with Gasteiger partial charge in [-0.1, -0.05) is 13.0 Å². The average molecular weight is 269 g/mol. The lowest BCUT2D eigenvalue weighted by atomic mass is 10.2. The number of carbonyl (C=O) groups is 1. The van der Waals surface area contributed by atoms with E-state index in [1.807, 2.05) is 32.0 Å². The minimum absolute atomic E-state index is 0.0650. The Kier molecular flexibility index (Phi) is 6.01. The molecule has 1 amide bonds. The number of aryl methyl sites for hydroxylation is 1. The van der Waals surface area contributed by atoms with Crippen LogP contribution < -0.4 is 10.1 Å². The molecule has 100 valence electrons. The van der Waals surface area contributed by atoms with Crippen LogP contribution in [0, 0.1) is 6.92 Å². The summed E-state index contributed by atoms with van der Waals surface area (Å²) in [6.45, 7) is 3.91. The lowest BCUT2D eigenvalue weighted by Crippen LogP contribution is -2.17. The highest BCUT2D eigenvalue weighted by Crippen LogP contribution is 2.25. The topological polar surface area (TPSA) is 58.6 Å². The number of hydrogen-bond acceptors (Lipinski definition) is 4. The summed E-state index contributed by atoms with van der Waals surface area (Å²) >= 11 is 1.42. The van der Waals surface area contributed by atoms with E-state index in [1.54, 1.807) is 7.11 Å². The van der Waals surface area contributed by atoms with Crippen molar-refractivity contribution < 1.29 is 14.6 Å². The molecule has 1 unspecified atom stereocenters. The van der Waals surface area contributed by atoms with Gasteiger partial charge in [-0.15, -0.1) is 11.8 Å². The number of thioether (sulfide) groups is 1. The molecule has 0 saturated heterocycles. The molecule has 0 saturated carbocycles. The quantitative estimate of drug-likeness (QED) is 0.830. The van der Waals surface area contributed by atoms with Crippen molar-refractivity contribution in [2.24, 2.45) is 0 Å². The molecule has 0 fully saturated rings. The fourth-order valence-corrected chi connectivity index (χ4v) is 1.99. The summed E-state index contributed by atoms with van der Waals surface area (Å²) < 4.78 is 5.19. The first-order valence-corrected chi connectivity index (χ1v) is 6.78. The van der Waals surface area contributed by atoms with E-state index >= 15 is 0 Å². The zero-order chi connectivity index (χ0) is 13.5. The van der Waals surface area contributed by atoms with Gasteiger partial charge in [-0.2, -0.15) is 0 Å². The first kappa shape index (κ1) is 14.9. The summed E-state index contributed by atoms with van der Waals surface area (Å²) in [5.41, 5.74) is 1.74. The van der Waals surface area contributed by atoms with E-state index in [0.29, 0.717) is 17.2 Å². The molecule has 0 aliphatic rings. The van der Waals surface area contributed by atoms with Gasteiger partial charge in [0, 0.05) is 5.25 Å². The summed E-state index contributed by atoms with van der Waals surface area (Å²) in [6, 6.07) is 5.63. The van der Waals surface area contributed by atoms with Crippen molar-refractivity contribution >= 4 is 23.4 Å². The van der Waals surface area contributed by atoms with Crippen LogP contribution in [-0.4, -0.2) is 35.7 Å². The third-order valence-corrected chi connectivity index (χ3v) is 3.53. The van der Waals surface area contributed by atoms with Crippen LogP contribution in [-0.2, 0) is 4.79 Å². The zero-order valence-corrected chi connectivity index (χ0v) is 11.7. The minimum Gasteiger partial charge on any atom is -0.495 e. The first-order chi connectivity index (χ1) is 8.56. The Balaban J connectivity index is 2.61. The van der Waals surface area contributed by atoms with E-state index < -0.39 is 0 Å². The third-order valence-electron chi connectivity index (χ3n) is 2.39. The van der Waals surface area contributed by atoms with Crippen LogP contribution in [0.15, 0.2) is 18.2 Å². The van der Waals surface area contributed by atoms with Gasteiger partial charge in [-0.05, 0) is 24.6 Å². The summed E-state index contributed by atoms with van der Waals surface area (Å²) in [6.07, 6.45) is 0. The van der Waals surface area contributed by atoms with E-state index in [0.717, 1.165) is 5.56 Å². The molecular weight excluding hydrogens is 250 g/mol. The average Bonchev–Trinajstić information content (AvgIpc) is 2.36. The van der Waals surface area contributed by atoms with Crippen molar-refractivity contribution in [1.82, 2.24) is 0 Å². The lowest BCUT2D eigenvalue weighted by molar-refractivity contribution is -0.113. The smallest absolute Gasteiger partial charge is 0.234 e. The second-order valence-electron chi connectivity index (χ2n) is 4.06. The number of carbonyl (C=O) groups excluding carboxylic acids is 1. The van der Waals surface area contributed by atoms with Crippen molar-refractivity contribution in [3.8, 4) is 5.75 Å². The molecule has 1 atom stereocenters. The Hall–Kier alpha value is -1.20. The monoisotopic (exact) mass is 269 g/mol. The molecule has 18 heavy (non-hydrogen) atoms. The third kappa shape index (κ3) is 4.58. The highest BCUT2D eigenvalue weighted by Gasteiger charge is 2.09. The number of methoxy groups -OCH3 is 1. The Morgan fingerprint density at radius 1 is 1.56 bits per heavy atom. The molecule has 1 rings (SSSR count). The van der Waals surface area contributed by atoms with Gasteiger partial charge in [0.25, 0.3) is 0 Å². The molecular formula is C13H19NO3S. The number of hydrogen-bond donors (Lipinski definition) is 2. The Bertz CT molecular complexity index is 409. The van der Waals surface area contributed by atoms with Gasteiger partial charge in [0.05, 0.1) is 25.2 Å². The summed E-state index contributed by atoms with van der Waals surface area (Å²) in [5.74, 6) is 0.872. The van der Waals surface area contributed by atoms with Crippen LogP contribution in [0.1, 0.15) is 12.5 Å². The molecule has 4 nitrogen and oxygen atoms in total. The lowest BCUT2D eigenvalue weighted by Gasteiger charge is -2.12. The molecule has 1 aromatic carbocycles. The number of amides is 1. The van der Waals surface area contributed by atoms with E-state index in [9.17, 15) is 4.79 Å². The molecule has 0 bridgehead atoms. The number of aliphatic hydroxyl groups excluding tert-OH is 1. The van der Waals surface area contributed by atoms with Crippen molar-refractivity contribution in [2.45, 2.75) is 19.1 Å². The van der Waals surface area contributed by atoms with Crippen molar-refractivity contribution in [3.05, 3.63) is 23.8 Å². The van der Waals surface area contributed by atoms with Gasteiger partial charge < -0.3 is 15.2 Å². The first-order valence-electron chi connectivity index (χ1n) is 5.73. The van der Waals surface area contributed by atoms with Gasteiger partial charge in [-0.25, -0.2) is 0 Å². The molecule has 0 spiro atoms. The van der Waals surface area contributed by atoms with Crippen LogP contribution in [0.4, 0.5) is 5.69 Å². The molecule has 5 heteroatoms. The normalized spacial score (nSPS) is 12.0. The largest absolute Gasteiger partial charge is 0.495 e. The van der Waals surface area contributed by atoms with Crippen LogP contribution in [0.2, 0.25) is 0 Å². The highest BCUT2D eigenvalue weighted by atomic mass is 32.2. The van der Waals surface area contributed by atoms with Crippen molar-refractivity contribution in [1.29, 1.82) is 0 Å². The summed E-state index contributed by atoms with van der Waals surface area (Å²) in [4.78, 5) is 11.7. The number of benzene rings is 1. The molecule has 0 heterocycles. The predicted octanol–water partition coefficient (Wildman–Crippen LogP) is 2.06. The summed E-state index contributed by atoms with van der Waals surface area (Å²) in [7, 11) is 1.57. The molecule has 0 aliphatic heterocycles. The Labute approximate surface area is 112 Å². The van der Waals surface area contributed by atoms with Crippen LogP contribution >= 0.6 is 11.8 Å². The number of nitrogens with one attached hydrogen (secondary N) is 1. The van der Waals surface area contributed by atoms with Gasteiger partial charge in [0.2, 0.25) is 5.91 Å². The van der Waals surface area contributed by atoms with E-state index in [2.05, 4.69) is 5.32 Å². The maximum atomic E-state index is 11.7. The van der Waals surface area contributed by atoms with Crippen molar-refractivity contribution in [3.63, 3.8) is 0 Å². The van der Waals surface area contributed by atoms with Crippen molar-refractivity contribution in [2.75, 3.05) is 24.8 Å². The minimum atomic E-state index is -0.0933. The molecule has 0 aromatic heterocycles. The highest BCUT2D eigenvalue weighted by molar-refractivity contribution is 8.00. The van der Waals surface area contributed by atoms with Gasteiger partial charge >= 0.3 is 0 Å². The van der Waals surface area contributed by atoms with Crippen LogP contribution in [0.3, 0.4) is 0 Å². The fraction of sp³-hybridized carbons (Fsp3) is 0.462. The predicted molar refractivity (Wildman–Crippen MR) is 75.4 cm³/mol. The zero-order valence-electron chi connectivity index (χ0n) is 10.9. The maximum Gasteiger partial charge on any atom is 0.234 e. The molecule has 2 N–H and O–H groups in total. The standard InChI is InChI=1S/C13H19NO3S/c1-9-4-5-12(17-3)11(6-9)14-13(16)8-18-10(2)7-15/h4-6,10,15H,7-8H2,1-3H3,(H,14,16). The fourth-order valence-electron chi connectivity index (χ4n) is 1.38. The van der Waals surface area contributed by atoms with E-state index in [4.69, 9.17) is 9.84 Å². The van der Waals surface area contributed by atoms with Gasteiger partial charge in [0.15, 0.2) is 0 Å². The molecule has 0 radical (unpaired) electrons. The molecule has 1 aromatic rings. The number of aliphatic hydroxyl groups is 1. The van der Waals surface area contributed by atoms with Crippen LogP contribution in [0.5, 0.6) is 5.75 Å². The van der Waals surface area contributed by atoms with E-state index in [-0.39, 0.29) is 17.8 Å². The van der Waals surface area contributed by atoms with Gasteiger partial charge in [-0.3, -0.25) is 4.79 Å². The van der Waals surface area contributed by atoms with E-state index in [1.165, 1.54) is 11.8 Å². The number of ether oxygens (including phenoxy) is 1. The second-order valence-corrected chi connectivity index (χ2v) is 5.48. The Morgan fingerprint density at radius 2 is 2.28 bits per heavy atom. The SMILES string of the molecule is COc1ccc(C)cc1NC(=O)CSC(C)CO. The second kappa shape index (κ2) is 7.28. The molecule has 0 aliphatic carbocycles. The van der Waals surface area contributed by atoms with Crippen LogP contribution in [0.25, 0.3) is 0 Å². The number of anilines is 1. The Morgan fingerprint density at radius 3 is 2.89 bits per heavy atom. The summed E-state index contributed by atoms with van der Waals surface area (Å²) in [5, 5.41) is 11.8. The number of rotatable bonds is 6. The van der Waals surface area contributed by atoms with Gasteiger partial charge in [0.1, 0.15) is 5.75 Å².